The molecule has 0 N–H and O–H groups in total. The van der Waals surface area contributed by atoms with Crippen LogP contribution in [0.3, 0.4) is 0 Å². The average Bonchev–Trinajstić information content (AvgIpc) is 2.69. The lowest BCUT2D eigenvalue weighted by Gasteiger charge is -2.23. The van der Waals surface area contributed by atoms with Crippen molar-refractivity contribution in [2.24, 2.45) is 4.74 Å². The maximum absolute atomic E-state index is 6.08. The van der Waals surface area contributed by atoms with Gasteiger partial charge in [0.2, 0.25) is 0 Å². The van der Waals surface area contributed by atoms with Crippen LogP contribution in [0.2, 0.25) is 0 Å². The summed E-state index contributed by atoms with van der Waals surface area (Å²) in [6, 6.07) is 0. The average molecular weight is 213 g/mol. The Morgan fingerprint density at radius 3 is 2.50 bits per heavy atom. The largest absolute Gasteiger partial charge is 0.464 e. The first kappa shape index (κ1) is 11.6. The maximum atomic E-state index is 6.08. The van der Waals surface area contributed by atoms with Gasteiger partial charge in [0.1, 0.15) is 13.0 Å². The van der Waals surface area contributed by atoms with Gasteiger partial charge in [0, 0.05) is 25.3 Å². The highest BCUT2D eigenvalue weighted by molar-refractivity contribution is 7.61. The summed E-state index contributed by atoms with van der Waals surface area (Å²) in [5.41, 5.74) is 0. The summed E-state index contributed by atoms with van der Waals surface area (Å²) < 4.78 is 10.8. The van der Waals surface area contributed by atoms with Gasteiger partial charge < -0.3 is 4.52 Å². The van der Waals surface area contributed by atoms with E-state index in [2.05, 4.69) is 43.7 Å². The van der Waals surface area contributed by atoms with Crippen LogP contribution in [0.15, 0.2) is 28.7 Å². The van der Waals surface area contributed by atoms with Gasteiger partial charge in [-0.2, -0.15) is 0 Å². The van der Waals surface area contributed by atoms with E-state index in [1.165, 1.54) is 0 Å². The lowest BCUT2D eigenvalue weighted by Crippen LogP contribution is -1.96. The second kappa shape index (κ2) is 5.41. The maximum Gasteiger partial charge on any atom is 0.132 e. The van der Waals surface area contributed by atoms with Gasteiger partial charge in [-0.15, -0.1) is 0 Å². The van der Waals surface area contributed by atoms with Crippen LogP contribution in [0.1, 0.15) is 27.2 Å². The molecule has 0 aromatic carbocycles. The highest BCUT2D eigenvalue weighted by Crippen LogP contribution is 2.52. The summed E-state index contributed by atoms with van der Waals surface area (Å²) in [5, 5.41) is 0. The summed E-state index contributed by atoms with van der Waals surface area (Å²) in [4.78, 5) is 0. The van der Waals surface area contributed by atoms with Crippen molar-refractivity contribution in [2.45, 2.75) is 27.2 Å². The third kappa shape index (κ3) is 2.75. The predicted molar refractivity (Wildman–Crippen MR) is 63.9 cm³/mol. The summed E-state index contributed by atoms with van der Waals surface area (Å²) in [5.74, 6) is 1.10. The van der Waals surface area contributed by atoms with Crippen LogP contribution in [0.5, 0.6) is 0 Å². The molecule has 0 unspecified atom stereocenters. The molecule has 0 amide bonds. The van der Waals surface area contributed by atoms with Crippen molar-refractivity contribution >= 4 is 7.28 Å². The molecule has 80 valence electrons. The van der Waals surface area contributed by atoms with E-state index in [0.717, 1.165) is 31.0 Å². The van der Waals surface area contributed by atoms with Crippen molar-refractivity contribution in [3.05, 3.63) is 24.0 Å². The van der Waals surface area contributed by atoms with E-state index < -0.39 is 7.28 Å². The quantitative estimate of drug-likeness (QED) is 0.632. The van der Waals surface area contributed by atoms with Crippen LogP contribution in [0, 0.1) is 0 Å². The number of hydrogen-bond donors (Lipinski definition) is 0. The lowest BCUT2D eigenvalue weighted by atomic mass is 10.4. The zero-order valence-electron chi connectivity index (χ0n) is 9.36. The topological polar surface area (TPSA) is 21.6 Å². The standard InChI is InChI=1S/C11H20NOP/c1-4-12-14(5-2,6-3)13-11-9-7-8-10-11/h7-9H,4-6,10H2,1-3H3. The van der Waals surface area contributed by atoms with Crippen molar-refractivity contribution < 1.29 is 4.52 Å². The first-order chi connectivity index (χ1) is 6.76. The van der Waals surface area contributed by atoms with Crippen LogP contribution < -0.4 is 0 Å². The van der Waals surface area contributed by atoms with Gasteiger partial charge in [0.15, 0.2) is 0 Å². The SMILES string of the molecule is CCN=P(CC)(CC)OC1=CC=CC1. The van der Waals surface area contributed by atoms with Gasteiger partial charge in [-0.25, -0.2) is 0 Å². The van der Waals surface area contributed by atoms with Crippen LogP contribution in [0.4, 0.5) is 0 Å². The fourth-order valence-electron chi connectivity index (χ4n) is 1.55. The minimum absolute atomic E-state index is 0.871. The molecular weight excluding hydrogens is 193 g/mol. The van der Waals surface area contributed by atoms with Gasteiger partial charge in [-0.3, -0.25) is 4.74 Å². The molecule has 0 saturated heterocycles. The zero-order chi connectivity index (χ0) is 10.4. The Bertz CT molecular complexity index is 284. The van der Waals surface area contributed by atoms with E-state index in [9.17, 15) is 0 Å². The Morgan fingerprint density at radius 1 is 1.36 bits per heavy atom. The molecule has 3 heteroatoms. The molecule has 0 aromatic heterocycles. The van der Waals surface area contributed by atoms with Crippen molar-refractivity contribution in [1.29, 1.82) is 0 Å². The highest BCUT2D eigenvalue weighted by Gasteiger charge is 2.17. The van der Waals surface area contributed by atoms with Gasteiger partial charge in [-0.1, -0.05) is 26.0 Å². The first-order valence-corrected chi connectivity index (χ1v) is 7.40. The van der Waals surface area contributed by atoms with E-state index in [1.807, 2.05) is 0 Å². The molecule has 0 heterocycles. The van der Waals surface area contributed by atoms with Crippen LogP contribution in [-0.4, -0.2) is 18.9 Å². The molecule has 14 heavy (non-hydrogen) atoms. The number of hydrogen-bond acceptors (Lipinski definition) is 2. The molecular formula is C11H20NOP. The van der Waals surface area contributed by atoms with E-state index in [0.29, 0.717) is 0 Å². The van der Waals surface area contributed by atoms with Crippen molar-refractivity contribution in [1.82, 2.24) is 0 Å². The molecule has 0 aliphatic heterocycles. The molecule has 1 aliphatic carbocycles. The molecule has 0 saturated carbocycles. The lowest BCUT2D eigenvalue weighted by molar-refractivity contribution is 0.454. The third-order valence-electron chi connectivity index (χ3n) is 2.41. The Labute approximate surface area is 87.2 Å². The molecule has 0 radical (unpaired) electrons. The minimum atomic E-state index is -1.49. The van der Waals surface area contributed by atoms with Crippen molar-refractivity contribution in [2.75, 3.05) is 18.9 Å². The molecule has 0 fully saturated rings. The fourth-order valence-corrected chi connectivity index (χ4v) is 3.80. The van der Waals surface area contributed by atoms with E-state index in [4.69, 9.17) is 4.52 Å². The van der Waals surface area contributed by atoms with Crippen molar-refractivity contribution in [3.63, 3.8) is 0 Å². The van der Waals surface area contributed by atoms with Gasteiger partial charge in [-0.05, 0) is 13.0 Å². The van der Waals surface area contributed by atoms with Crippen LogP contribution in [-0.2, 0) is 4.52 Å². The Morgan fingerprint density at radius 2 is 2.07 bits per heavy atom. The Kier molecular flexibility index (Phi) is 4.47. The number of rotatable bonds is 5. The number of allylic oxidation sites excluding steroid dienone is 3. The molecule has 2 nitrogen and oxygen atoms in total. The van der Waals surface area contributed by atoms with E-state index in [1.54, 1.807) is 0 Å². The summed E-state index contributed by atoms with van der Waals surface area (Å²) >= 11 is 0. The smallest absolute Gasteiger partial charge is 0.132 e. The second-order valence-corrected chi connectivity index (χ2v) is 6.72. The number of nitrogens with zero attached hydrogens (tertiary/aromatic N) is 1. The molecule has 1 rings (SSSR count). The molecule has 0 spiro atoms. The van der Waals surface area contributed by atoms with Crippen LogP contribution >= 0.6 is 7.28 Å². The van der Waals surface area contributed by atoms with Gasteiger partial charge in [0.25, 0.3) is 0 Å². The normalized spacial score (nSPS) is 15.5. The first-order valence-electron chi connectivity index (χ1n) is 5.37. The third-order valence-corrected chi connectivity index (χ3v) is 5.76. The monoisotopic (exact) mass is 213 g/mol. The fraction of sp³-hybridized carbons (Fsp3) is 0.636. The van der Waals surface area contributed by atoms with E-state index in [-0.39, 0.29) is 0 Å². The molecule has 0 atom stereocenters. The zero-order valence-corrected chi connectivity index (χ0v) is 10.3. The van der Waals surface area contributed by atoms with Crippen molar-refractivity contribution in [3.8, 4) is 0 Å². The molecule has 0 bridgehead atoms. The van der Waals surface area contributed by atoms with Crippen LogP contribution in [0.25, 0.3) is 0 Å². The van der Waals surface area contributed by atoms with E-state index >= 15 is 0 Å². The molecule has 1 aliphatic rings. The highest BCUT2D eigenvalue weighted by atomic mass is 31.2. The summed E-state index contributed by atoms with van der Waals surface area (Å²) in [6.07, 6.45) is 9.29. The molecule has 0 aromatic rings. The van der Waals surface area contributed by atoms with Gasteiger partial charge >= 0.3 is 0 Å². The summed E-state index contributed by atoms with van der Waals surface area (Å²) in [7, 11) is -1.49. The Balaban J connectivity index is 2.73. The minimum Gasteiger partial charge on any atom is -0.464 e. The summed E-state index contributed by atoms with van der Waals surface area (Å²) in [6.45, 7) is 7.32. The Hall–Kier alpha value is -0.490. The van der Waals surface area contributed by atoms with Gasteiger partial charge in [0.05, 0.1) is 0 Å². The predicted octanol–water partition coefficient (Wildman–Crippen LogP) is 4.02. The second-order valence-electron chi connectivity index (χ2n) is 3.29.